The van der Waals surface area contributed by atoms with E-state index in [1.165, 1.54) is 11.3 Å². The number of nitrogens with one attached hydrogen (secondary N) is 1. The van der Waals surface area contributed by atoms with Gasteiger partial charge in [-0.25, -0.2) is 4.98 Å². The molecule has 0 radical (unpaired) electrons. The molecule has 1 aliphatic carbocycles. The number of carbonyl (C=O) groups is 1. The molecule has 1 heterocycles. The summed E-state index contributed by atoms with van der Waals surface area (Å²) in [6.45, 7) is 10.7. The summed E-state index contributed by atoms with van der Waals surface area (Å²) >= 11 is 1.44. The summed E-state index contributed by atoms with van der Waals surface area (Å²) in [5.41, 5.74) is 6.04. The molecule has 1 saturated carbocycles. The third kappa shape index (κ3) is 2.72. The van der Waals surface area contributed by atoms with E-state index in [-0.39, 0.29) is 17.4 Å². The number of nitrogens with zero attached hydrogens (tertiary/aromatic N) is 1. The molecule has 0 aromatic carbocycles. The molecule has 1 aromatic rings. The van der Waals surface area contributed by atoms with Crippen LogP contribution < -0.4 is 11.1 Å². The predicted octanol–water partition coefficient (Wildman–Crippen LogP) is 2.74. The Kier molecular flexibility index (Phi) is 4.42. The Morgan fingerprint density at radius 1 is 1.62 bits per heavy atom. The average Bonchev–Trinajstić information content (AvgIpc) is 2.86. The number of nitrogens with two attached hydrogens (primary N) is 1. The van der Waals surface area contributed by atoms with Crippen molar-refractivity contribution >= 4 is 22.4 Å². The van der Waals surface area contributed by atoms with Crippen LogP contribution in [0.1, 0.15) is 52.7 Å². The fourth-order valence-corrected chi connectivity index (χ4v) is 3.50. The van der Waals surface area contributed by atoms with E-state index in [2.05, 4.69) is 24.1 Å². The van der Waals surface area contributed by atoms with Gasteiger partial charge in [0.05, 0.1) is 11.8 Å². The second-order valence-electron chi connectivity index (χ2n) is 6.53. The molecule has 0 spiro atoms. The average molecular weight is 311 g/mol. The molecule has 2 atom stereocenters. The van der Waals surface area contributed by atoms with E-state index in [9.17, 15) is 4.79 Å². The largest absolute Gasteiger partial charge is 0.378 e. The topological polar surface area (TPSA) is 77.2 Å². The van der Waals surface area contributed by atoms with Crippen molar-refractivity contribution in [2.24, 2.45) is 11.1 Å². The van der Waals surface area contributed by atoms with Gasteiger partial charge in [0.25, 0.3) is 0 Å². The van der Waals surface area contributed by atoms with Gasteiger partial charge in [-0.15, -0.1) is 11.3 Å². The van der Waals surface area contributed by atoms with Gasteiger partial charge in [-0.1, -0.05) is 27.7 Å². The number of hydrogen-bond acceptors (Lipinski definition) is 5. The molecule has 2 rings (SSSR count). The minimum absolute atomic E-state index is 0.0285. The highest BCUT2D eigenvalue weighted by Crippen LogP contribution is 2.50. The van der Waals surface area contributed by atoms with Crippen LogP contribution in [-0.4, -0.2) is 29.1 Å². The molecule has 1 aliphatic rings. The number of thiazole rings is 1. The molecule has 1 aromatic heterocycles. The molecule has 0 aliphatic heterocycles. The van der Waals surface area contributed by atoms with Gasteiger partial charge in [-0.3, -0.25) is 4.79 Å². The molecule has 0 bridgehead atoms. The predicted molar refractivity (Wildman–Crippen MR) is 85.6 cm³/mol. The fourth-order valence-electron chi connectivity index (χ4n) is 2.64. The summed E-state index contributed by atoms with van der Waals surface area (Å²) in [4.78, 5) is 17.0. The maximum Gasteiger partial charge on any atom is 0.246 e. The van der Waals surface area contributed by atoms with Crippen molar-refractivity contribution in [3.63, 3.8) is 0 Å². The van der Waals surface area contributed by atoms with Crippen LogP contribution in [0.2, 0.25) is 0 Å². The molecule has 1 amide bonds. The molecule has 6 heteroatoms. The van der Waals surface area contributed by atoms with Crippen molar-refractivity contribution in [1.29, 1.82) is 0 Å². The Morgan fingerprint density at radius 2 is 2.29 bits per heavy atom. The quantitative estimate of drug-likeness (QED) is 0.876. The van der Waals surface area contributed by atoms with E-state index in [1.54, 1.807) is 0 Å². The van der Waals surface area contributed by atoms with Crippen LogP contribution in [0.25, 0.3) is 0 Å². The number of aromatic nitrogens is 1. The van der Waals surface area contributed by atoms with E-state index < -0.39 is 5.54 Å². The lowest BCUT2D eigenvalue weighted by Crippen LogP contribution is -2.74. The first kappa shape index (κ1) is 16.4. The zero-order valence-electron chi connectivity index (χ0n) is 13.4. The van der Waals surface area contributed by atoms with Crippen LogP contribution in [0.15, 0.2) is 5.38 Å². The highest BCUT2D eigenvalue weighted by atomic mass is 32.1. The van der Waals surface area contributed by atoms with Gasteiger partial charge in [-0.05, 0) is 12.8 Å². The fraction of sp³-hybridized carbons (Fsp3) is 0.733. The SMILES string of the molecule is CCOC1CC(N)(C(=O)Nc2nc(C(C)C)cs2)C1(C)C. The normalized spacial score (nSPS) is 27.5. The zero-order valence-corrected chi connectivity index (χ0v) is 14.2. The molecule has 2 unspecified atom stereocenters. The van der Waals surface area contributed by atoms with Gasteiger partial charge in [0.2, 0.25) is 5.91 Å². The smallest absolute Gasteiger partial charge is 0.246 e. The standard InChI is InChI=1S/C15H25N3O2S/c1-6-20-11-7-15(16,14(11,4)5)12(19)18-13-17-10(8-21-13)9(2)3/h8-9,11H,6-7,16H2,1-5H3,(H,17,18,19). The van der Waals surface area contributed by atoms with Crippen LogP contribution in [-0.2, 0) is 9.53 Å². The molecular formula is C15H25N3O2S. The Bertz CT molecular complexity index is 527. The Morgan fingerprint density at radius 3 is 2.76 bits per heavy atom. The molecule has 118 valence electrons. The van der Waals surface area contributed by atoms with Crippen molar-refractivity contribution in [3.05, 3.63) is 11.1 Å². The number of anilines is 1. The van der Waals surface area contributed by atoms with Crippen LogP contribution in [0.5, 0.6) is 0 Å². The summed E-state index contributed by atoms with van der Waals surface area (Å²) < 4.78 is 5.65. The minimum atomic E-state index is -0.906. The monoisotopic (exact) mass is 311 g/mol. The summed E-state index contributed by atoms with van der Waals surface area (Å²) in [7, 11) is 0. The first-order valence-electron chi connectivity index (χ1n) is 7.39. The Balaban J connectivity index is 2.06. The third-order valence-electron chi connectivity index (χ3n) is 4.57. The second kappa shape index (κ2) is 5.66. The number of carbonyl (C=O) groups excluding carboxylic acids is 1. The first-order valence-corrected chi connectivity index (χ1v) is 8.27. The van der Waals surface area contributed by atoms with Gasteiger partial charge in [0, 0.05) is 23.8 Å². The van der Waals surface area contributed by atoms with Crippen LogP contribution >= 0.6 is 11.3 Å². The maximum absolute atomic E-state index is 12.5. The molecule has 5 nitrogen and oxygen atoms in total. The number of hydrogen-bond donors (Lipinski definition) is 2. The van der Waals surface area contributed by atoms with E-state index >= 15 is 0 Å². The third-order valence-corrected chi connectivity index (χ3v) is 5.35. The molecule has 3 N–H and O–H groups in total. The van der Waals surface area contributed by atoms with E-state index in [4.69, 9.17) is 10.5 Å². The summed E-state index contributed by atoms with van der Waals surface area (Å²) in [5.74, 6) is 0.175. The Hall–Kier alpha value is -0.980. The summed E-state index contributed by atoms with van der Waals surface area (Å²) in [6.07, 6.45) is 0.572. The van der Waals surface area contributed by atoms with Crippen molar-refractivity contribution in [3.8, 4) is 0 Å². The van der Waals surface area contributed by atoms with Gasteiger partial charge < -0.3 is 15.8 Å². The van der Waals surface area contributed by atoms with Gasteiger partial charge in [-0.2, -0.15) is 0 Å². The lowest BCUT2D eigenvalue weighted by Gasteiger charge is -2.57. The highest BCUT2D eigenvalue weighted by Gasteiger charge is 2.62. The Labute approximate surface area is 130 Å². The summed E-state index contributed by atoms with van der Waals surface area (Å²) in [6, 6.07) is 0. The van der Waals surface area contributed by atoms with Crippen LogP contribution in [0, 0.1) is 5.41 Å². The van der Waals surface area contributed by atoms with Crippen molar-refractivity contribution < 1.29 is 9.53 Å². The molecule has 0 saturated heterocycles. The molecule has 1 fully saturated rings. The zero-order chi connectivity index (χ0) is 15.8. The van der Waals surface area contributed by atoms with Crippen molar-refractivity contribution in [1.82, 2.24) is 4.98 Å². The van der Waals surface area contributed by atoms with Gasteiger partial charge in [0.15, 0.2) is 5.13 Å². The summed E-state index contributed by atoms with van der Waals surface area (Å²) in [5, 5.41) is 5.45. The van der Waals surface area contributed by atoms with Crippen LogP contribution in [0.3, 0.4) is 0 Å². The van der Waals surface area contributed by atoms with Crippen LogP contribution in [0.4, 0.5) is 5.13 Å². The van der Waals surface area contributed by atoms with Crippen molar-refractivity contribution in [2.75, 3.05) is 11.9 Å². The van der Waals surface area contributed by atoms with E-state index in [0.717, 1.165) is 5.69 Å². The second-order valence-corrected chi connectivity index (χ2v) is 7.39. The van der Waals surface area contributed by atoms with E-state index in [0.29, 0.717) is 24.1 Å². The number of amides is 1. The lowest BCUT2D eigenvalue weighted by molar-refractivity contribution is -0.166. The van der Waals surface area contributed by atoms with E-state index in [1.807, 2.05) is 26.2 Å². The molecular weight excluding hydrogens is 286 g/mol. The minimum Gasteiger partial charge on any atom is -0.378 e. The lowest BCUT2D eigenvalue weighted by atomic mass is 9.54. The number of rotatable bonds is 5. The highest BCUT2D eigenvalue weighted by molar-refractivity contribution is 7.13. The molecule has 21 heavy (non-hydrogen) atoms. The van der Waals surface area contributed by atoms with Crippen molar-refractivity contribution in [2.45, 2.75) is 58.6 Å². The first-order chi connectivity index (χ1) is 9.72. The van der Waals surface area contributed by atoms with Gasteiger partial charge in [0.1, 0.15) is 5.54 Å². The van der Waals surface area contributed by atoms with Gasteiger partial charge >= 0.3 is 0 Å². The number of ether oxygens (including phenoxy) is 1. The maximum atomic E-state index is 12.5.